The van der Waals surface area contributed by atoms with Crippen molar-refractivity contribution in [2.45, 2.75) is 26.0 Å². The minimum absolute atomic E-state index is 0.116. The predicted molar refractivity (Wildman–Crippen MR) is 149 cm³/mol. The van der Waals surface area contributed by atoms with Gasteiger partial charge in [-0.3, -0.25) is 14.5 Å². The van der Waals surface area contributed by atoms with Gasteiger partial charge in [-0.25, -0.2) is 4.39 Å². The quantitative estimate of drug-likeness (QED) is 0.236. The van der Waals surface area contributed by atoms with Gasteiger partial charge in [0.05, 0.1) is 24.8 Å². The maximum atomic E-state index is 15.0. The van der Waals surface area contributed by atoms with Crippen molar-refractivity contribution >= 4 is 17.4 Å². The van der Waals surface area contributed by atoms with Crippen molar-refractivity contribution in [2.24, 2.45) is 0 Å². The van der Waals surface area contributed by atoms with Gasteiger partial charge in [0.2, 0.25) is 0 Å². The fourth-order valence-electron chi connectivity index (χ4n) is 5.22. The molecule has 0 saturated carbocycles. The lowest BCUT2D eigenvalue weighted by Gasteiger charge is -2.29. The third-order valence-corrected chi connectivity index (χ3v) is 7.50. The van der Waals surface area contributed by atoms with Gasteiger partial charge in [-0.05, 0) is 54.8 Å². The van der Waals surface area contributed by atoms with E-state index >= 15 is 4.39 Å². The maximum absolute atomic E-state index is 15.0. The Balaban J connectivity index is 1.39. The van der Waals surface area contributed by atoms with Crippen LogP contribution in [0.15, 0.2) is 78.4 Å². The molecule has 1 amide bonds. The number of amides is 1. The number of morpholine rings is 1. The summed E-state index contributed by atoms with van der Waals surface area (Å²) in [7, 11) is 0. The lowest BCUT2D eigenvalue weighted by atomic mass is 9.95. The molecule has 2 fully saturated rings. The average molecular weight is 545 g/mol. The minimum Gasteiger partial charge on any atom is -0.507 e. The van der Waals surface area contributed by atoms with Crippen LogP contribution in [-0.4, -0.2) is 66.0 Å². The van der Waals surface area contributed by atoms with Crippen LogP contribution in [0.3, 0.4) is 0 Å². The predicted octanol–water partition coefficient (Wildman–Crippen LogP) is 4.86. The van der Waals surface area contributed by atoms with Crippen LogP contribution in [0.1, 0.15) is 34.7 Å². The molecule has 0 spiro atoms. The Morgan fingerprint density at radius 1 is 0.975 bits per heavy atom. The highest BCUT2D eigenvalue weighted by Gasteiger charge is 2.46. The third kappa shape index (κ3) is 5.93. The zero-order chi connectivity index (χ0) is 28.1. The van der Waals surface area contributed by atoms with Crippen LogP contribution < -0.4 is 4.74 Å². The molecule has 5 rings (SSSR count). The van der Waals surface area contributed by atoms with E-state index in [1.54, 1.807) is 42.5 Å². The van der Waals surface area contributed by atoms with Crippen LogP contribution in [0.4, 0.5) is 4.39 Å². The molecule has 2 aliphatic rings. The number of aryl methyl sites for hydroxylation is 1. The first-order valence-electron chi connectivity index (χ1n) is 13.5. The van der Waals surface area contributed by atoms with E-state index in [0.717, 1.165) is 30.8 Å². The van der Waals surface area contributed by atoms with Gasteiger partial charge >= 0.3 is 0 Å². The highest BCUT2D eigenvalue weighted by atomic mass is 19.1. The van der Waals surface area contributed by atoms with Crippen molar-refractivity contribution in [1.29, 1.82) is 0 Å². The highest BCUT2D eigenvalue weighted by Crippen LogP contribution is 2.40. The molecule has 1 N–H and O–H groups in total. The van der Waals surface area contributed by atoms with E-state index in [-0.39, 0.29) is 23.4 Å². The molecular formula is C32H33FN2O5. The van der Waals surface area contributed by atoms with Gasteiger partial charge in [-0.1, -0.05) is 42.5 Å². The van der Waals surface area contributed by atoms with Crippen molar-refractivity contribution in [2.75, 3.05) is 39.4 Å². The summed E-state index contributed by atoms with van der Waals surface area (Å²) in [6.07, 6.45) is 0.602. The number of benzene rings is 3. The van der Waals surface area contributed by atoms with Crippen molar-refractivity contribution in [3.63, 3.8) is 0 Å². The molecule has 2 aliphatic heterocycles. The van der Waals surface area contributed by atoms with Crippen LogP contribution >= 0.6 is 0 Å². The number of ether oxygens (including phenoxy) is 2. The van der Waals surface area contributed by atoms with Gasteiger partial charge in [0.1, 0.15) is 23.9 Å². The van der Waals surface area contributed by atoms with Gasteiger partial charge in [0, 0.05) is 37.3 Å². The van der Waals surface area contributed by atoms with E-state index in [0.29, 0.717) is 37.6 Å². The average Bonchev–Trinajstić information content (AvgIpc) is 3.22. The molecule has 2 saturated heterocycles. The number of halogens is 1. The molecule has 40 heavy (non-hydrogen) atoms. The summed E-state index contributed by atoms with van der Waals surface area (Å²) in [6, 6.07) is 19.6. The SMILES string of the molecule is Cc1ccccc1COc1ccc(C(O)=C2C(=O)C(=O)N(CCCN3CCOCC3)C2c2ccccc2F)cc1. The van der Waals surface area contributed by atoms with Crippen LogP contribution in [0, 0.1) is 12.7 Å². The number of hydrogen-bond acceptors (Lipinski definition) is 6. The zero-order valence-electron chi connectivity index (χ0n) is 22.5. The van der Waals surface area contributed by atoms with E-state index in [2.05, 4.69) is 4.90 Å². The summed E-state index contributed by atoms with van der Waals surface area (Å²) in [4.78, 5) is 30.1. The Morgan fingerprint density at radius 2 is 1.68 bits per heavy atom. The number of likely N-dealkylation sites (tertiary alicyclic amines) is 1. The van der Waals surface area contributed by atoms with Crippen LogP contribution in [0.5, 0.6) is 5.75 Å². The smallest absolute Gasteiger partial charge is 0.295 e. The number of hydrogen-bond donors (Lipinski definition) is 1. The number of aliphatic hydroxyl groups excluding tert-OH is 1. The van der Waals surface area contributed by atoms with E-state index < -0.39 is 23.5 Å². The first-order chi connectivity index (χ1) is 19.4. The van der Waals surface area contributed by atoms with Crippen molar-refractivity contribution in [1.82, 2.24) is 9.80 Å². The second kappa shape index (κ2) is 12.4. The molecule has 2 heterocycles. The molecule has 3 aromatic rings. The molecule has 0 aliphatic carbocycles. The van der Waals surface area contributed by atoms with Crippen molar-refractivity contribution in [3.05, 3.63) is 106 Å². The summed E-state index contributed by atoms with van der Waals surface area (Å²) < 4.78 is 26.3. The molecule has 0 aromatic heterocycles. The van der Waals surface area contributed by atoms with Crippen LogP contribution in [0.25, 0.3) is 5.76 Å². The van der Waals surface area contributed by atoms with Gasteiger partial charge in [0.25, 0.3) is 11.7 Å². The number of nitrogens with zero attached hydrogens (tertiary/aromatic N) is 2. The molecule has 3 aromatic carbocycles. The number of ketones is 1. The summed E-state index contributed by atoms with van der Waals surface area (Å²) >= 11 is 0. The van der Waals surface area contributed by atoms with E-state index in [4.69, 9.17) is 9.47 Å². The Hall–Kier alpha value is -4.01. The van der Waals surface area contributed by atoms with Crippen molar-refractivity contribution < 1.29 is 28.6 Å². The van der Waals surface area contributed by atoms with Crippen LogP contribution in [-0.2, 0) is 20.9 Å². The molecule has 1 unspecified atom stereocenters. The normalized spacial score (nSPS) is 19.2. The van der Waals surface area contributed by atoms with E-state index in [1.807, 2.05) is 31.2 Å². The second-order valence-electron chi connectivity index (χ2n) is 10.1. The molecule has 7 nitrogen and oxygen atoms in total. The monoisotopic (exact) mass is 544 g/mol. The van der Waals surface area contributed by atoms with E-state index in [1.165, 1.54) is 11.0 Å². The number of carbonyl (C=O) groups excluding carboxylic acids is 2. The standard InChI is InChI=1S/C32H33FN2O5/c1-22-7-2-3-8-24(22)21-40-25-13-11-23(12-14-25)30(36)28-29(26-9-4-5-10-27(26)33)35(32(38)31(28)37)16-6-15-34-17-19-39-20-18-34/h2-5,7-14,29,36H,6,15-21H2,1H3. The Morgan fingerprint density at radius 3 is 2.40 bits per heavy atom. The number of aliphatic hydroxyl groups is 1. The van der Waals surface area contributed by atoms with Gasteiger partial charge < -0.3 is 19.5 Å². The fraction of sp³-hybridized carbons (Fsp3) is 0.312. The topological polar surface area (TPSA) is 79.3 Å². The second-order valence-corrected chi connectivity index (χ2v) is 10.1. The van der Waals surface area contributed by atoms with Gasteiger partial charge in [0.15, 0.2) is 0 Å². The minimum atomic E-state index is -1.03. The number of carbonyl (C=O) groups is 2. The Kier molecular flexibility index (Phi) is 8.57. The number of rotatable bonds is 9. The fourth-order valence-corrected chi connectivity index (χ4v) is 5.22. The third-order valence-electron chi connectivity index (χ3n) is 7.50. The van der Waals surface area contributed by atoms with Gasteiger partial charge in [-0.2, -0.15) is 0 Å². The summed E-state index contributed by atoms with van der Waals surface area (Å²) in [5.41, 5.74) is 2.59. The Labute approximate surface area is 233 Å². The highest BCUT2D eigenvalue weighted by molar-refractivity contribution is 6.46. The van der Waals surface area contributed by atoms with Gasteiger partial charge in [-0.15, -0.1) is 0 Å². The maximum Gasteiger partial charge on any atom is 0.295 e. The van der Waals surface area contributed by atoms with E-state index in [9.17, 15) is 14.7 Å². The summed E-state index contributed by atoms with van der Waals surface area (Å²) in [5, 5.41) is 11.3. The molecule has 0 bridgehead atoms. The van der Waals surface area contributed by atoms with Crippen LogP contribution in [0.2, 0.25) is 0 Å². The lowest BCUT2D eigenvalue weighted by Crippen LogP contribution is -2.39. The molecular weight excluding hydrogens is 511 g/mol. The largest absolute Gasteiger partial charge is 0.507 e. The lowest BCUT2D eigenvalue weighted by molar-refractivity contribution is -0.140. The summed E-state index contributed by atoms with van der Waals surface area (Å²) in [5.74, 6) is -1.85. The molecule has 208 valence electrons. The molecule has 0 radical (unpaired) electrons. The zero-order valence-corrected chi connectivity index (χ0v) is 22.5. The summed E-state index contributed by atoms with van der Waals surface area (Å²) in [6.45, 7) is 6.32. The molecule has 8 heteroatoms. The van der Waals surface area contributed by atoms with Crippen molar-refractivity contribution in [3.8, 4) is 5.75 Å². The number of Topliss-reactive ketones (excluding diaryl/α,β-unsaturated/α-hetero) is 1. The first kappa shape index (κ1) is 27.6. The molecule has 1 atom stereocenters. The Bertz CT molecular complexity index is 1400. The first-order valence-corrected chi connectivity index (χ1v) is 13.5.